The molecule has 2 nitrogen and oxygen atoms in total. The fraction of sp³-hybridized carbons (Fsp3) is 0.357. The van der Waals surface area contributed by atoms with Crippen molar-refractivity contribution in [3.8, 4) is 10.6 Å². The van der Waals surface area contributed by atoms with Crippen LogP contribution in [0.2, 0.25) is 0 Å². The van der Waals surface area contributed by atoms with Crippen molar-refractivity contribution in [3.63, 3.8) is 0 Å². The van der Waals surface area contributed by atoms with Gasteiger partial charge in [0, 0.05) is 11.8 Å². The number of nitrogens with zero attached hydrogens (tertiary/aromatic N) is 1. The summed E-state index contributed by atoms with van der Waals surface area (Å²) < 4.78 is 0. The van der Waals surface area contributed by atoms with E-state index in [-0.39, 0.29) is 12.0 Å². The van der Waals surface area contributed by atoms with E-state index >= 15 is 0 Å². The van der Waals surface area contributed by atoms with Crippen LogP contribution in [0.3, 0.4) is 0 Å². The van der Waals surface area contributed by atoms with Crippen LogP contribution < -0.4 is 0 Å². The van der Waals surface area contributed by atoms with Crippen LogP contribution in [-0.2, 0) is 12.0 Å². The zero-order valence-corrected chi connectivity index (χ0v) is 11.2. The molecule has 0 unspecified atom stereocenters. The highest BCUT2D eigenvalue weighted by Crippen LogP contribution is 2.28. The van der Waals surface area contributed by atoms with Crippen LogP contribution in [0.5, 0.6) is 0 Å². The normalized spacial score (nSPS) is 11.8. The molecule has 1 heterocycles. The fourth-order valence-electron chi connectivity index (χ4n) is 1.63. The third-order valence-electron chi connectivity index (χ3n) is 2.71. The van der Waals surface area contributed by atoms with Crippen molar-refractivity contribution < 1.29 is 5.11 Å². The molecule has 2 rings (SSSR count). The Bertz CT molecular complexity index is 494. The Balaban J connectivity index is 2.29. The third kappa shape index (κ3) is 2.73. The summed E-state index contributed by atoms with van der Waals surface area (Å²) in [5.41, 5.74) is 2.61. The topological polar surface area (TPSA) is 33.1 Å². The smallest absolute Gasteiger partial charge is 0.123 e. The van der Waals surface area contributed by atoms with Crippen LogP contribution in [0.4, 0.5) is 0 Å². The number of hydrogen-bond acceptors (Lipinski definition) is 3. The molecule has 1 N–H and O–H groups in total. The van der Waals surface area contributed by atoms with E-state index in [9.17, 15) is 0 Å². The van der Waals surface area contributed by atoms with Gasteiger partial charge in [-0.25, -0.2) is 4.98 Å². The number of benzene rings is 1. The van der Waals surface area contributed by atoms with Gasteiger partial charge in [0.25, 0.3) is 0 Å². The third-order valence-corrected chi connectivity index (χ3v) is 3.74. The van der Waals surface area contributed by atoms with Crippen LogP contribution in [-0.4, -0.2) is 10.1 Å². The van der Waals surface area contributed by atoms with Crippen LogP contribution in [0.15, 0.2) is 30.5 Å². The molecule has 0 aliphatic carbocycles. The zero-order valence-electron chi connectivity index (χ0n) is 10.4. The number of aromatic nitrogens is 1. The number of thiazole rings is 1. The lowest BCUT2D eigenvalue weighted by Crippen LogP contribution is -2.10. The van der Waals surface area contributed by atoms with Gasteiger partial charge in [0.2, 0.25) is 0 Å². The maximum absolute atomic E-state index is 9.02. The number of rotatable bonds is 2. The lowest BCUT2D eigenvalue weighted by atomic mass is 9.87. The van der Waals surface area contributed by atoms with Gasteiger partial charge in [0.15, 0.2) is 0 Å². The standard InChI is InChI=1S/C14H17NOS/c1-14(2,3)11-6-4-10(5-7-11)13-15-8-12(9-16)17-13/h4-8,16H,9H2,1-3H3. The maximum atomic E-state index is 9.02. The second-order valence-corrected chi connectivity index (χ2v) is 6.23. The average molecular weight is 247 g/mol. The van der Waals surface area contributed by atoms with Gasteiger partial charge in [0.1, 0.15) is 5.01 Å². The predicted octanol–water partition coefficient (Wildman–Crippen LogP) is 3.60. The van der Waals surface area contributed by atoms with Gasteiger partial charge < -0.3 is 5.11 Å². The Morgan fingerprint density at radius 2 is 1.82 bits per heavy atom. The van der Waals surface area contributed by atoms with Crippen molar-refractivity contribution in [1.29, 1.82) is 0 Å². The minimum absolute atomic E-state index is 0.0672. The van der Waals surface area contributed by atoms with Crippen molar-refractivity contribution in [2.45, 2.75) is 32.8 Å². The maximum Gasteiger partial charge on any atom is 0.123 e. The molecule has 90 valence electrons. The van der Waals surface area contributed by atoms with Gasteiger partial charge in [-0.1, -0.05) is 45.0 Å². The van der Waals surface area contributed by atoms with Gasteiger partial charge in [-0.15, -0.1) is 11.3 Å². The lowest BCUT2D eigenvalue weighted by Gasteiger charge is -2.18. The molecule has 0 aliphatic rings. The van der Waals surface area contributed by atoms with E-state index in [2.05, 4.69) is 50.0 Å². The molecule has 0 saturated heterocycles. The summed E-state index contributed by atoms with van der Waals surface area (Å²) in [6, 6.07) is 8.49. The Kier molecular flexibility index (Phi) is 3.31. The molecule has 0 radical (unpaired) electrons. The second kappa shape index (κ2) is 4.59. The van der Waals surface area contributed by atoms with E-state index in [4.69, 9.17) is 5.11 Å². The molecule has 0 amide bonds. The second-order valence-electron chi connectivity index (χ2n) is 5.12. The molecule has 0 fully saturated rings. The van der Waals surface area contributed by atoms with Gasteiger partial charge >= 0.3 is 0 Å². The summed E-state index contributed by atoms with van der Waals surface area (Å²) in [6.45, 7) is 6.68. The van der Waals surface area contributed by atoms with Gasteiger partial charge in [-0.05, 0) is 11.0 Å². The van der Waals surface area contributed by atoms with E-state index in [1.165, 1.54) is 16.9 Å². The Labute approximate surface area is 106 Å². The van der Waals surface area contributed by atoms with E-state index < -0.39 is 0 Å². The molecular weight excluding hydrogens is 230 g/mol. The molecule has 2 aromatic rings. The molecule has 0 atom stereocenters. The molecular formula is C14H17NOS. The largest absolute Gasteiger partial charge is 0.391 e. The highest BCUT2D eigenvalue weighted by Gasteiger charge is 2.13. The summed E-state index contributed by atoms with van der Waals surface area (Å²) in [5.74, 6) is 0. The van der Waals surface area contributed by atoms with E-state index in [0.29, 0.717) is 0 Å². The summed E-state index contributed by atoms with van der Waals surface area (Å²) in [6.07, 6.45) is 1.73. The van der Waals surface area contributed by atoms with Crippen molar-refractivity contribution in [2.24, 2.45) is 0 Å². The zero-order chi connectivity index (χ0) is 12.5. The fourth-order valence-corrected chi connectivity index (χ4v) is 2.40. The van der Waals surface area contributed by atoms with Gasteiger partial charge in [0.05, 0.1) is 11.5 Å². The van der Waals surface area contributed by atoms with Crippen molar-refractivity contribution >= 4 is 11.3 Å². The molecule has 3 heteroatoms. The highest BCUT2D eigenvalue weighted by molar-refractivity contribution is 7.15. The van der Waals surface area contributed by atoms with Gasteiger partial charge in [-0.2, -0.15) is 0 Å². The van der Waals surface area contributed by atoms with Gasteiger partial charge in [-0.3, -0.25) is 0 Å². The molecule has 1 aromatic heterocycles. The molecule has 0 bridgehead atoms. The van der Waals surface area contributed by atoms with Crippen LogP contribution in [0.1, 0.15) is 31.2 Å². The highest BCUT2D eigenvalue weighted by atomic mass is 32.1. The molecule has 0 spiro atoms. The quantitative estimate of drug-likeness (QED) is 0.879. The van der Waals surface area contributed by atoms with Crippen LogP contribution in [0.25, 0.3) is 10.6 Å². The number of aliphatic hydroxyl groups excluding tert-OH is 1. The van der Waals surface area contributed by atoms with Crippen molar-refractivity contribution in [2.75, 3.05) is 0 Å². The Morgan fingerprint density at radius 1 is 1.18 bits per heavy atom. The Morgan fingerprint density at radius 3 is 2.29 bits per heavy atom. The van der Waals surface area contributed by atoms with Crippen molar-refractivity contribution in [1.82, 2.24) is 4.98 Å². The lowest BCUT2D eigenvalue weighted by molar-refractivity contribution is 0.285. The summed E-state index contributed by atoms with van der Waals surface area (Å²) >= 11 is 1.54. The summed E-state index contributed by atoms with van der Waals surface area (Å²) in [7, 11) is 0. The molecule has 0 saturated carbocycles. The first-order chi connectivity index (χ1) is 8.00. The van der Waals surface area contributed by atoms with E-state index in [0.717, 1.165) is 15.4 Å². The molecule has 0 aliphatic heterocycles. The molecule has 1 aromatic carbocycles. The summed E-state index contributed by atoms with van der Waals surface area (Å²) in [5, 5.41) is 9.99. The first-order valence-electron chi connectivity index (χ1n) is 5.67. The minimum Gasteiger partial charge on any atom is -0.391 e. The first kappa shape index (κ1) is 12.3. The average Bonchev–Trinajstić information content (AvgIpc) is 2.76. The monoisotopic (exact) mass is 247 g/mol. The first-order valence-corrected chi connectivity index (χ1v) is 6.49. The number of aliphatic hydroxyl groups is 1. The van der Waals surface area contributed by atoms with Crippen LogP contribution >= 0.6 is 11.3 Å². The Hall–Kier alpha value is -1.19. The predicted molar refractivity (Wildman–Crippen MR) is 72.2 cm³/mol. The summed E-state index contributed by atoms with van der Waals surface area (Å²) in [4.78, 5) is 5.21. The minimum atomic E-state index is 0.0672. The number of hydrogen-bond donors (Lipinski definition) is 1. The SMILES string of the molecule is CC(C)(C)c1ccc(-c2ncc(CO)s2)cc1. The van der Waals surface area contributed by atoms with Crippen LogP contribution in [0, 0.1) is 0 Å². The van der Waals surface area contributed by atoms with E-state index in [1.54, 1.807) is 6.20 Å². The molecule has 17 heavy (non-hydrogen) atoms. The van der Waals surface area contributed by atoms with Crippen molar-refractivity contribution in [3.05, 3.63) is 40.9 Å². The van der Waals surface area contributed by atoms with E-state index in [1.807, 2.05) is 0 Å².